The first-order chi connectivity index (χ1) is 12.8. The minimum Gasteiger partial charge on any atom is -0.355 e. The third-order valence-electron chi connectivity index (χ3n) is 5.93. The summed E-state index contributed by atoms with van der Waals surface area (Å²) in [5.74, 6) is 0.0484. The average Bonchev–Trinajstić information content (AvgIpc) is 2.94. The summed E-state index contributed by atoms with van der Waals surface area (Å²) in [5, 5.41) is 2.12. The highest BCUT2D eigenvalue weighted by Gasteiger charge is 2.27. The fourth-order valence-electron chi connectivity index (χ4n) is 4.42. The number of rotatable bonds is 6. The van der Waals surface area contributed by atoms with E-state index in [1.807, 2.05) is 20.8 Å². The Hall–Kier alpha value is -2.20. The van der Waals surface area contributed by atoms with Crippen LogP contribution in [0.1, 0.15) is 88.4 Å². The van der Waals surface area contributed by atoms with Gasteiger partial charge in [-0.25, -0.2) is 0 Å². The van der Waals surface area contributed by atoms with E-state index in [0.29, 0.717) is 11.3 Å². The van der Waals surface area contributed by atoms with Crippen molar-refractivity contribution in [3.05, 3.63) is 57.4 Å². The Bertz CT molecular complexity index is 879. The first-order valence-corrected chi connectivity index (χ1v) is 10.0. The molecule has 0 fully saturated rings. The van der Waals surface area contributed by atoms with Gasteiger partial charge in [0.25, 0.3) is 0 Å². The molecule has 0 unspecified atom stereocenters. The van der Waals surface area contributed by atoms with Gasteiger partial charge in [0, 0.05) is 16.8 Å². The summed E-state index contributed by atoms with van der Waals surface area (Å²) < 4.78 is 0. The minimum absolute atomic E-state index is 0.000593. The van der Waals surface area contributed by atoms with Crippen LogP contribution < -0.4 is 5.32 Å². The number of quaternary nitrogens is 1. The predicted molar refractivity (Wildman–Crippen MR) is 107 cm³/mol. The van der Waals surface area contributed by atoms with E-state index in [4.69, 9.17) is 0 Å². The Morgan fingerprint density at radius 1 is 1.07 bits per heavy atom. The maximum absolute atomic E-state index is 13.0. The summed E-state index contributed by atoms with van der Waals surface area (Å²) in [6.07, 6.45) is 4.91. The van der Waals surface area contributed by atoms with Crippen LogP contribution in [0.4, 0.5) is 0 Å². The predicted octanol–water partition coefficient (Wildman–Crippen LogP) is 3.61. The molecule has 3 rings (SSSR count). The smallest absolute Gasteiger partial charge is 0.235 e. The Kier molecular flexibility index (Phi) is 5.66. The molecule has 1 aliphatic rings. The summed E-state index contributed by atoms with van der Waals surface area (Å²) >= 11 is 0. The highest BCUT2D eigenvalue weighted by atomic mass is 16.1. The zero-order chi connectivity index (χ0) is 19.7. The fraction of sp³-hybridized carbons (Fsp3) is 0.478. The van der Waals surface area contributed by atoms with Gasteiger partial charge >= 0.3 is 0 Å². The number of fused-ring (bicyclic) bond motifs is 1. The molecule has 2 aromatic rings. The highest BCUT2D eigenvalue weighted by Crippen LogP contribution is 2.24. The van der Waals surface area contributed by atoms with E-state index < -0.39 is 0 Å². The van der Waals surface area contributed by atoms with E-state index in [0.717, 1.165) is 11.3 Å². The lowest BCUT2D eigenvalue weighted by molar-refractivity contribution is -0.709. The van der Waals surface area contributed by atoms with Crippen LogP contribution in [0, 0.1) is 13.8 Å². The van der Waals surface area contributed by atoms with Crippen LogP contribution in [-0.2, 0) is 12.8 Å². The summed E-state index contributed by atoms with van der Waals surface area (Å²) in [4.78, 5) is 28.0. The van der Waals surface area contributed by atoms with Crippen molar-refractivity contribution in [3.8, 4) is 0 Å². The van der Waals surface area contributed by atoms with Gasteiger partial charge < -0.3 is 10.3 Å². The van der Waals surface area contributed by atoms with Gasteiger partial charge in [-0.05, 0) is 83.1 Å². The molecule has 1 aromatic heterocycles. The first-order valence-electron chi connectivity index (χ1n) is 10.0. The topological polar surface area (TPSA) is 66.5 Å². The van der Waals surface area contributed by atoms with E-state index in [1.165, 1.54) is 42.4 Å². The number of H-pyrrole nitrogens is 1. The molecule has 1 aliphatic carbocycles. The Balaban J connectivity index is 1.75. The quantitative estimate of drug-likeness (QED) is 0.766. The number of carbonyl (C=O) groups excluding carboxylic acids is 2. The van der Waals surface area contributed by atoms with E-state index in [1.54, 1.807) is 6.92 Å². The van der Waals surface area contributed by atoms with Crippen LogP contribution in [-0.4, -0.2) is 22.6 Å². The van der Waals surface area contributed by atoms with Crippen LogP contribution in [0.2, 0.25) is 0 Å². The lowest BCUT2D eigenvalue weighted by atomic mass is 9.89. The van der Waals surface area contributed by atoms with Crippen LogP contribution in [0.5, 0.6) is 0 Å². The molecular formula is C23H31N2O2+. The highest BCUT2D eigenvalue weighted by molar-refractivity contribution is 6.04. The van der Waals surface area contributed by atoms with E-state index in [9.17, 15) is 9.59 Å². The average molecular weight is 368 g/mol. The number of hydrogen-bond donors (Lipinski definition) is 2. The molecule has 0 radical (unpaired) electrons. The SMILES string of the molecule is CC(=O)c1c(C)[nH]c(C(=O)[C@H](C)[NH2+][C@@H](C)c2ccc3c(c2)CCCC3)c1C. The van der Waals surface area contributed by atoms with Crippen molar-refractivity contribution in [2.24, 2.45) is 0 Å². The van der Waals surface area contributed by atoms with Gasteiger partial charge in [0.15, 0.2) is 5.78 Å². The van der Waals surface area contributed by atoms with Gasteiger partial charge in [-0.2, -0.15) is 0 Å². The maximum atomic E-state index is 13.0. The van der Waals surface area contributed by atoms with Gasteiger partial charge in [-0.3, -0.25) is 9.59 Å². The first kappa shape index (κ1) is 19.6. The van der Waals surface area contributed by atoms with Crippen molar-refractivity contribution in [2.45, 2.75) is 72.4 Å². The number of aryl methyl sites for hydroxylation is 3. The van der Waals surface area contributed by atoms with Crippen LogP contribution >= 0.6 is 0 Å². The Morgan fingerprint density at radius 3 is 2.37 bits per heavy atom. The molecule has 0 amide bonds. The molecule has 27 heavy (non-hydrogen) atoms. The molecule has 1 heterocycles. The summed E-state index contributed by atoms with van der Waals surface area (Å²) in [7, 11) is 0. The second kappa shape index (κ2) is 7.81. The molecule has 0 aliphatic heterocycles. The van der Waals surface area contributed by atoms with Gasteiger partial charge in [0.05, 0.1) is 5.69 Å². The van der Waals surface area contributed by atoms with Crippen molar-refractivity contribution >= 4 is 11.6 Å². The van der Waals surface area contributed by atoms with Gasteiger partial charge in [-0.1, -0.05) is 12.1 Å². The van der Waals surface area contributed by atoms with Crippen molar-refractivity contribution in [2.75, 3.05) is 0 Å². The molecule has 3 N–H and O–H groups in total. The third-order valence-corrected chi connectivity index (χ3v) is 5.93. The Labute approximate surface area is 161 Å². The number of aromatic nitrogens is 1. The molecule has 0 saturated heterocycles. The molecule has 0 spiro atoms. The van der Waals surface area contributed by atoms with Gasteiger partial charge in [0.1, 0.15) is 12.1 Å². The summed E-state index contributed by atoms with van der Waals surface area (Å²) in [6.45, 7) is 9.35. The molecule has 0 saturated carbocycles. The second-order valence-electron chi connectivity index (χ2n) is 8.05. The molecule has 2 atom stereocenters. The number of nitrogens with one attached hydrogen (secondary N) is 1. The minimum atomic E-state index is -0.215. The lowest BCUT2D eigenvalue weighted by Crippen LogP contribution is -2.91. The second-order valence-corrected chi connectivity index (χ2v) is 8.05. The Morgan fingerprint density at radius 2 is 1.74 bits per heavy atom. The molecule has 4 heteroatoms. The summed E-state index contributed by atoms with van der Waals surface area (Å²) in [5.41, 5.74) is 6.99. The molecule has 1 aromatic carbocycles. The number of ketones is 2. The number of benzene rings is 1. The van der Waals surface area contributed by atoms with Gasteiger partial charge in [-0.15, -0.1) is 0 Å². The molecule has 4 nitrogen and oxygen atoms in total. The van der Waals surface area contributed by atoms with Gasteiger partial charge in [0.2, 0.25) is 5.78 Å². The van der Waals surface area contributed by atoms with E-state index >= 15 is 0 Å². The zero-order valence-corrected chi connectivity index (χ0v) is 17.1. The number of aromatic amines is 1. The van der Waals surface area contributed by atoms with Crippen molar-refractivity contribution in [1.82, 2.24) is 4.98 Å². The van der Waals surface area contributed by atoms with Crippen molar-refractivity contribution in [1.29, 1.82) is 0 Å². The van der Waals surface area contributed by atoms with Crippen molar-refractivity contribution < 1.29 is 14.9 Å². The largest absolute Gasteiger partial charge is 0.355 e. The van der Waals surface area contributed by atoms with Crippen LogP contribution in [0.3, 0.4) is 0 Å². The maximum Gasteiger partial charge on any atom is 0.235 e. The number of carbonyl (C=O) groups is 2. The zero-order valence-electron chi connectivity index (χ0n) is 17.1. The summed E-state index contributed by atoms with van der Waals surface area (Å²) in [6, 6.07) is 6.79. The molecular weight excluding hydrogens is 336 g/mol. The lowest BCUT2D eigenvalue weighted by Gasteiger charge is -2.20. The van der Waals surface area contributed by atoms with E-state index in [-0.39, 0.29) is 23.7 Å². The standard InChI is InChI=1S/C23H30N2O2/c1-13-21(17(5)26)15(3)25-22(13)23(27)16(4)24-14(2)19-11-10-18-8-6-7-9-20(18)12-19/h10-12,14,16,24-25H,6-9H2,1-5H3/p+1/t14-,16-/m0/s1. The number of Topliss-reactive ketones (excluding diaryl/α,β-unsaturated/α-hetero) is 2. The normalized spacial score (nSPS) is 15.9. The van der Waals surface area contributed by atoms with Crippen molar-refractivity contribution in [3.63, 3.8) is 0 Å². The number of hydrogen-bond acceptors (Lipinski definition) is 2. The fourth-order valence-corrected chi connectivity index (χ4v) is 4.42. The molecule has 144 valence electrons. The third kappa shape index (κ3) is 3.91. The van der Waals surface area contributed by atoms with E-state index in [2.05, 4.69) is 35.4 Å². The van der Waals surface area contributed by atoms with Crippen LogP contribution in [0.25, 0.3) is 0 Å². The van der Waals surface area contributed by atoms with Crippen LogP contribution in [0.15, 0.2) is 18.2 Å². The monoisotopic (exact) mass is 367 g/mol. The molecule has 0 bridgehead atoms. The number of nitrogens with two attached hydrogens (primary N) is 1.